The largest absolute Gasteiger partial charge is 0.477 e. The number of fused-ring (bicyclic) bond motifs is 1. The lowest BCUT2D eigenvalue weighted by Crippen LogP contribution is -1.98. The van der Waals surface area contributed by atoms with Crippen molar-refractivity contribution in [3.63, 3.8) is 0 Å². The number of aromatic nitrogens is 2. The van der Waals surface area contributed by atoms with Crippen molar-refractivity contribution in [1.82, 2.24) is 9.97 Å². The monoisotopic (exact) mass is 351 g/mol. The number of nitrogens with zero attached hydrogens (tertiary/aromatic N) is 2. The maximum atomic E-state index is 11.3. The predicted octanol–water partition coefficient (Wildman–Crippen LogP) is 4.01. The molecule has 2 heterocycles. The summed E-state index contributed by atoms with van der Waals surface area (Å²) in [7, 11) is 0. The van der Waals surface area contributed by atoms with Gasteiger partial charge in [-0.25, -0.2) is 14.8 Å². The molecule has 3 rings (SSSR count). The molecule has 3 aromatic rings. The number of nitrogens with two attached hydrogens (primary N) is 1. The SMILES string of the molecule is CSc1nc(-c2ccc(Cl)cc2)c2c(N)c(C(=O)O)sc2n1. The Bertz CT molecular complexity index is 878. The lowest BCUT2D eigenvalue weighted by atomic mass is 10.1. The number of anilines is 1. The number of aromatic carboxylic acids is 1. The first kappa shape index (κ1) is 15.1. The fourth-order valence-electron chi connectivity index (χ4n) is 2.07. The summed E-state index contributed by atoms with van der Waals surface area (Å²) in [6, 6.07) is 7.16. The van der Waals surface area contributed by atoms with Crippen molar-refractivity contribution >= 4 is 56.6 Å². The van der Waals surface area contributed by atoms with Crippen LogP contribution >= 0.6 is 34.7 Å². The Balaban J connectivity index is 2.36. The summed E-state index contributed by atoms with van der Waals surface area (Å²) >= 11 is 8.36. The summed E-state index contributed by atoms with van der Waals surface area (Å²) in [5, 5.41) is 11.0. The molecule has 0 aliphatic heterocycles. The number of carbonyl (C=O) groups is 1. The highest BCUT2D eigenvalue weighted by Gasteiger charge is 2.21. The lowest BCUT2D eigenvalue weighted by Gasteiger charge is -2.06. The molecule has 0 aliphatic rings. The Hall–Kier alpha value is -1.83. The van der Waals surface area contributed by atoms with Crippen molar-refractivity contribution in [2.45, 2.75) is 5.16 Å². The number of rotatable bonds is 3. The molecule has 0 aliphatic carbocycles. The Kier molecular flexibility index (Phi) is 3.94. The van der Waals surface area contributed by atoms with Crippen molar-refractivity contribution in [2.24, 2.45) is 0 Å². The van der Waals surface area contributed by atoms with Gasteiger partial charge in [0.2, 0.25) is 0 Å². The average molecular weight is 352 g/mol. The molecule has 0 fully saturated rings. The van der Waals surface area contributed by atoms with Crippen LogP contribution in [-0.4, -0.2) is 27.3 Å². The second kappa shape index (κ2) is 5.75. The van der Waals surface area contributed by atoms with Crippen LogP contribution in [0, 0.1) is 0 Å². The van der Waals surface area contributed by atoms with Crippen molar-refractivity contribution < 1.29 is 9.90 Å². The van der Waals surface area contributed by atoms with E-state index in [0.717, 1.165) is 16.9 Å². The molecule has 112 valence electrons. The van der Waals surface area contributed by atoms with Crippen LogP contribution < -0.4 is 5.73 Å². The third-order valence-corrected chi connectivity index (χ3v) is 4.95. The van der Waals surface area contributed by atoms with Crippen LogP contribution in [0.2, 0.25) is 5.02 Å². The van der Waals surface area contributed by atoms with Gasteiger partial charge in [0.1, 0.15) is 9.71 Å². The molecule has 0 spiro atoms. The highest BCUT2D eigenvalue weighted by molar-refractivity contribution is 7.98. The van der Waals surface area contributed by atoms with Gasteiger partial charge in [-0.15, -0.1) is 11.3 Å². The van der Waals surface area contributed by atoms with E-state index >= 15 is 0 Å². The van der Waals surface area contributed by atoms with Crippen molar-refractivity contribution in [1.29, 1.82) is 0 Å². The number of hydrogen-bond donors (Lipinski definition) is 2. The molecule has 3 N–H and O–H groups in total. The molecule has 5 nitrogen and oxygen atoms in total. The number of thiophene rings is 1. The van der Waals surface area contributed by atoms with Crippen LogP contribution in [0.5, 0.6) is 0 Å². The molecule has 0 bridgehead atoms. The molecule has 1 aromatic carbocycles. The zero-order chi connectivity index (χ0) is 15.9. The number of nitrogen functional groups attached to an aromatic ring is 1. The van der Waals surface area contributed by atoms with E-state index in [1.165, 1.54) is 11.8 Å². The number of halogens is 1. The van der Waals surface area contributed by atoms with Gasteiger partial charge in [0.15, 0.2) is 5.16 Å². The predicted molar refractivity (Wildman–Crippen MR) is 91.0 cm³/mol. The van der Waals surface area contributed by atoms with Crippen molar-refractivity contribution in [3.8, 4) is 11.3 Å². The second-order valence-electron chi connectivity index (χ2n) is 4.40. The minimum atomic E-state index is -1.06. The minimum absolute atomic E-state index is 0.0813. The average Bonchev–Trinajstić information content (AvgIpc) is 2.84. The zero-order valence-electron chi connectivity index (χ0n) is 11.3. The molecule has 0 saturated carbocycles. The molecule has 8 heteroatoms. The topological polar surface area (TPSA) is 89.1 Å². The van der Waals surface area contributed by atoms with Gasteiger partial charge in [-0.05, 0) is 18.4 Å². The number of carboxylic acids is 1. The van der Waals surface area contributed by atoms with Crippen LogP contribution in [-0.2, 0) is 0 Å². The van der Waals surface area contributed by atoms with Crippen LogP contribution in [0.25, 0.3) is 21.5 Å². The van der Waals surface area contributed by atoms with Gasteiger partial charge >= 0.3 is 5.97 Å². The van der Waals surface area contributed by atoms with Gasteiger partial charge in [0.05, 0.1) is 16.8 Å². The van der Waals surface area contributed by atoms with Gasteiger partial charge in [-0.3, -0.25) is 0 Å². The summed E-state index contributed by atoms with van der Waals surface area (Å²) in [5.41, 5.74) is 7.65. The lowest BCUT2D eigenvalue weighted by molar-refractivity contribution is 0.0703. The third-order valence-electron chi connectivity index (χ3n) is 3.06. The second-order valence-corrected chi connectivity index (χ2v) is 6.60. The van der Waals surface area contributed by atoms with Crippen LogP contribution in [0.4, 0.5) is 5.69 Å². The van der Waals surface area contributed by atoms with Gasteiger partial charge in [0, 0.05) is 10.6 Å². The van der Waals surface area contributed by atoms with Gasteiger partial charge in [-0.1, -0.05) is 35.5 Å². The van der Waals surface area contributed by atoms with E-state index in [9.17, 15) is 9.90 Å². The molecule has 0 unspecified atom stereocenters. The third kappa shape index (κ3) is 2.51. The number of benzene rings is 1. The number of hydrogen-bond acceptors (Lipinski definition) is 6. The standard InChI is InChI=1S/C14H10ClN3O2S2/c1-21-14-17-10(6-2-4-7(15)5-3-6)8-9(16)11(13(19)20)22-12(8)18-14/h2-5H,16H2,1H3,(H,19,20). The highest BCUT2D eigenvalue weighted by Crippen LogP contribution is 2.39. The molecule has 0 radical (unpaired) electrons. The Labute approximate surface area is 139 Å². The molecule has 0 atom stereocenters. The van der Waals surface area contributed by atoms with Gasteiger partial charge in [0.25, 0.3) is 0 Å². The van der Waals surface area contributed by atoms with E-state index < -0.39 is 5.97 Å². The van der Waals surface area contributed by atoms with E-state index in [4.69, 9.17) is 17.3 Å². The van der Waals surface area contributed by atoms with Crippen LogP contribution in [0.3, 0.4) is 0 Å². The quantitative estimate of drug-likeness (QED) is 0.547. The first-order valence-electron chi connectivity index (χ1n) is 6.14. The summed E-state index contributed by atoms with van der Waals surface area (Å²) < 4.78 is 0. The first-order valence-corrected chi connectivity index (χ1v) is 8.56. The van der Waals surface area contributed by atoms with Crippen LogP contribution in [0.1, 0.15) is 9.67 Å². The summed E-state index contributed by atoms with van der Waals surface area (Å²) in [6.45, 7) is 0. The molecule has 0 saturated heterocycles. The normalized spacial score (nSPS) is 11.0. The molecule has 0 amide bonds. The van der Waals surface area contributed by atoms with E-state index in [1.54, 1.807) is 12.1 Å². The fraction of sp³-hybridized carbons (Fsp3) is 0.0714. The van der Waals surface area contributed by atoms with E-state index in [0.29, 0.717) is 26.1 Å². The number of carboxylic acid groups (broad SMARTS) is 1. The maximum absolute atomic E-state index is 11.3. The molecular weight excluding hydrogens is 342 g/mol. The Morgan fingerprint density at radius 1 is 1.32 bits per heavy atom. The Morgan fingerprint density at radius 2 is 2.00 bits per heavy atom. The van der Waals surface area contributed by atoms with Crippen molar-refractivity contribution in [3.05, 3.63) is 34.2 Å². The summed E-state index contributed by atoms with van der Waals surface area (Å²) in [5.74, 6) is -1.06. The van der Waals surface area contributed by atoms with Crippen molar-refractivity contribution in [2.75, 3.05) is 12.0 Å². The van der Waals surface area contributed by atoms with Gasteiger partial charge in [-0.2, -0.15) is 0 Å². The summed E-state index contributed by atoms with van der Waals surface area (Å²) in [4.78, 5) is 20.8. The maximum Gasteiger partial charge on any atom is 0.348 e. The minimum Gasteiger partial charge on any atom is -0.477 e. The first-order chi connectivity index (χ1) is 10.5. The fourth-order valence-corrected chi connectivity index (χ4v) is 3.55. The smallest absolute Gasteiger partial charge is 0.348 e. The Morgan fingerprint density at radius 3 is 2.59 bits per heavy atom. The van der Waals surface area contributed by atoms with Gasteiger partial charge < -0.3 is 10.8 Å². The van der Waals surface area contributed by atoms with Crippen LogP contribution in [0.15, 0.2) is 29.4 Å². The summed E-state index contributed by atoms with van der Waals surface area (Å²) in [6.07, 6.45) is 1.86. The number of thioether (sulfide) groups is 1. The molecule has 22 heavy (non-hydrogen) atoms. The van der Waals surface area contributed by atoms with E-state index in [2.05, 4.69) is 9.97 Å². The molecule has 2 aromatic heterocycles. The zero-order valence-corrected chi connectivity index (χ0v) is 13.7. The van der Waals surface area contributed by atoms with E-state index in [1.807, 2.05) is 18.4 Å². The highest BCUT2D eigenvalue weighted by atomic mass is 35.5. The van der Waals surface area contributed by atoms with E-state index in [-0.39, 0.29) is 10.6 Å². The molecular formula is C14H10ClN3O2S2.